The normalized spacial score (nSPS) is 16.2. The van der Waals surface area contributed by atoms with Gasteiger partial charge in [0.05, 0.1) is 23.4 Å². The molecule has 0 bridgehead atoms. The van der Waals surface area contributed by atoms with Gasteiger partial charge < -0.3 is 14.5 Å². The largest absolute Gasteiger partial charge is 0.475 e. The molecule has 1 fully saturated rings. The topological polar surface area (TPSA) is 78.3 Å². The van der Waals surface area contributed by atoms with E-state index in [2.05, 4.69) is 14.9 Å². The number of ether oxygens (including phenoxy) is 1. The van der Waals surface area contributed by atoms with Crippen molar-refractivity contribution in [3.63, 3.8) is 0 Å². The number of carbonyl (C=O) groups excluding carboxylic acids is 2. The van der Waals surface area contributed by atoms with Crippen LogP contribution in [0.5, 0.6) is 0 Å². The molecule has 12 heteroatoms. The Hall–Kier alpha value is -3.12. The van der Waals surface area contributed by atoms with Crippen LogP contribution >= 0.6 is 11.8 Å². The molecule has 2 amide bonds. The molecule has 0 aliphatic carbocycles. The number of ketones is 1. The standard InChI is InChI=1S/C29H36F3N5O3S/c1-3-36(4-2)28(39)37-14-12-35(13-15-37)20-22-19-25(38)27(34-22)40-16-6-5-7-17-41-26-10-11-33-24-18-21(29(30,31)32)8-9-23(24)26/h8-11,18-19H,3-7,12-17,20H2,1-2H3. The smallest absolute Gasteiger partial charge is 0.416 e. The number of aromatic nitrogens is 1. The lowest BCUT2D eigenvalue weighted by atomic mass is 10.1. The van der Waals surface area contributed by atoms with Crippen LogP contribution in [0.1, 0.15) is 38.7 Å². The van der Waals surface area contributed by atoms with Gasteiger partial charge in [-0.15, -0.1) is 11.8 Å². The summed E-state index contributed by atoms with van der Waals surface area (Å²) in [6.45, 7) is 9.04. The third-order valence-corrected chi connectivity index (χ3v) is 8.29. The summed E-state index contributed by atoms with van der Waals surface area (Å²) >= 11 is 1.59. The number of thioether (sulfide) groups is 1. The molecule has 0 spiro atoms. The van der Waals surface area contributed by atoms with Gasteiger partial charge in [0.1, 0.15) is 0 Å². The summed E-state index contributed by atoms with van der Waals surface area (Å²) in [5.74, 6) is 0.717. The minimum absolute atomic E-state index is 0.0750. The first-order chi connectivity index (χ1) is 19.7. The fourth-order valence-corrected chi connectivity index (χ4v) is 5.85. The number of unbranched alkanes of at least 4 members (excludes halogenated alkanes) is 2. The van der Waals surface area contributed by atoms with Crippen molar-refractivity contribution in [1.29, 1.82) is 0 Å². The summed E-state index contributed by atoms with van der Waals surface area (Å²) in [5, 5.41) is 0.713. The first-order valence-corrected chi connectivity index (χ1v) is 15.0. The van der Waals surface area contributed by atoms with E-state index < -0.39 is 11.7 Å². The van der Waals surface area contributed by atoms with E-state index in [0.717, 1.165) is 55.1 Å². The Kier molecular flexibility index (Phi) is 10.7. The molecule has 222 valence electrons. The first-order valence-electron chi connectivity index (χ1n) is 14.0. The third kappa shape index (κ3) is 8.22. The number of halogens is 3. The van der Waals surface area contributed by atoms with Crippen LogP contribution in [0, 0.1) is 0 Å². The average molecular weight is 592 g/mol. The maximum atomic E-state index is 13.0. The lowest BCUT2D eigenvalue weighted by Crippen LogP contribution is -2.52. The van der Waals surface area contributed by atoms with Crippen LogP contribution in [0.2, 0.25) is 0 Å². The van der Waals surface area contributed by atoms with Gasteiger partial charge in [0, 0.05) is 68.4 Å². The zero-order valence-electron chi connectivity index (χ0n) is 23.5. The molecule has 1 aromatic heterocycles. The van der Waals surface area contributed by atoms with Gasteiger partial charge in [-0.3, -0.25) is 14.7 Å². The van der Waals surface area contributed by atoms with Gasteiger partial charge in [-0.05, 0) is 57.1 Å². The monoisotopic (exact) mass is 591 g/mol. The molecule has 4 rings (SSSR count). The summed E-state index contributed by atoms with van der Waals surface area (Å²) in [6.07, 6.45) is 1.20. The fraction of sp³-hybridized carbons (Fsp3) is 0.517. The minimum atomic E-state index is -4.39. The Labute approximate surface area is 242 Å². The Morgan fingerprint density at radius 1 is 1.07 bits per heavy atom. The Balaban J connectivity index is 1.13. The molecule has 0 atom stereocenters. The van der Waals surface area contributed by atoms with Gasteiger partial charge in [-0.1, -0.05) is 6.07 Å². The highest BCUT2D eigenvalue weighted by Gasteiger charge is 2.31. The molecule has 0 unspecified atom stereocenters. The second-order valence-corrected chi connectivity index (χ2v) is 11.1. The van der Waals surface area contributed by atoms with Crippen LogP contribution in [0.4, 0.5) is 18.0 Å². The van der Waals surface area contributed by atoms with E-state index in [1.807, 2.05) is 29.7 Å². The Bertz CT molecular complexity index is 1290. The summed E-state index contributed by atoms with van der Waals surface area (Å²) in [6, 6.07) is 5.56. The highest BCUT2D eigenvalue weighted by molar-refractivity contribution is 7.99. The van der Waals surface area contributed by atoms with Crippen LogP contribution < -0.4 is 0 Å². The number of benzene rings is 1. The van der Waals surface area contributed by atoms with Crippen molar-refractivity contribution in [2.24, 2.45) is 4.99 Å². The van der Waals surface area contributed by atoms with E-state index in [4.69, 9.17) is 4.74 Å². The number of nitrogens with zero attached hydrogens (tertiary/aromatic N) is 5. The van der Waals surface area contributed by atoms with E-state index in [1.54, 1.807) is 11.8 Å². The van der Waals surface area contributed by atoms with Crippen molar-refractivity contribution < 1.29 is 27.5 Å². The molecule has 3 heterocycles. The second-order valence-electron chi connectivity index (χ2n) is 9.93. The van der Waals surface area contributed by atoms with Gasteiger partial charge in [0.15, 0.2) is 0 Å². The molecule has 2 aliphatic rings. The molecular formula is C29H36F3N5O3S. The number of alkyl halides is 3. The van der Waals surface area contributed by atoms with Crippen molar-refractivity contribution in [1.82, 2.24) is 19.7 Å². The molecule has 41 heavy (non-hydrogen) atoms. The lowest BCUT2D eigenvalue weighted by molar-refractivity contribution is -0.137. The number of piperazine rings is 1. The molecule has 2 aromatic rings. The molecule has 0 radical (unpaired) electrons. The number of amides is 2. The summed E-state index contributed by atoms with van der Waals surface area (Å²) in [4.78, 5) is 40.1. The molecule has 0 N–H and O–H groups in total. The number of hydrogen-bond acceptors (Lipinski definition) is 7. The number of urea groups is 1. The number of pyridine rings is 1. The van der Waals surface area contributed by atoms with Crippen molar-refractivity contribution in [3.8, 4) is 0 Å². The molecule has 1 aromatic carbocycles. The average Bonchev–Trinajstić information content (AvgIpc) is 3.31. The maximum absolute atomic E-state index is 13.0. The SMILES string of the molecule is CCN(CC)C(=O)N1CCN(CC2=CC(=O)C(OCCCCCSc3ccnc4cc(C(F)(F)F)ccc34)=N2)CC1. The maximum Gasteiger partial charge on any atom is 0.416 e. The van der Waals surface area contributed by atoms with Crippen LogP contribution in [0.25, 0.3) is 10.9 Å². The lowest BCUT2D eigenvalue weighted by Gasteiger charge is -2.37. The zero-order valence-corrected chi connectivity index (χ0v) is 24.3. The molecule has 1 saturated heterocycles. The molecular weight excluding hydrogens is 555 g/mol. The van der Waals surface area contributed by atoms with Gasteiger partial charge in [0.25, 0.3) is 5.90 Å². The number of aliphatic imine (C=N–C) groups is 1. The summed E-state index contributed by atoms with van der Waals surface area (Å²) < 4.78 is 44.6. The van der Waals surface area contributed by atoms with Gasteiger partial charge in [-0.2, -0.15) is 13.2 Å². The highest BCUT2D eigenvalue weighted by atomic mass is 32.2. The molecule has 0 saturated carbocycles. The predicted molar refractivity (Wildman–Crippen MR) is 154 cm³/mol. The van der Waals surface area contributed by atoms with Crippen LogP contribution in [-0.2, 0) is 15.7 Å². The summed E-state index contributed by atoms with van der Waals surface area (Å²) in [5.41, 5.74) is 0.312. The number of fused-ring (bicyclic) bond motifs is 1. The van der Waals surface area contributed by atoms with E-state index in [0.29, 0.717) is 55.9 Å². The summed E-state index contributed by atoms with van der Waals surface area (Å²) in [7, 11) is 0. The van der Waals surface area contributed by atoms with E-state index in [1.165, 1.54) is 18.3 Å². The quantitative estimate of drug-likeness (QED) is 0.255. The highest BCUT2D eigenvalue weighted by Crippen LogP contribution is 2.34. The molecule has 2 aliphatic heterocycles. The minimum Gasteiger partial charge on any atom is -0.475 e. The van der Waals surface area contributed by atoms with E-state index >= 15 is 0 Å². The predicted octanol–water partition coefficient (Wildman–Crippen LogP) is 5.48. The number of carbonyl (C=O) groups is 2. The first kappa shape index (κ1) is 30.8. The number of rotatable bonds is 11. The fourth-order valence-electron chi connectivity index (χ4n) is 4.79. The van der Waals surface area contributed by atoms with Crippen molar-refractivity contribution in [2.75, 3.05) is 58.2 Å². The van der Waals surface area contributed by atoms with Gasteiger partial charge >= 0.3 is 12.2 Å². The Morgan fingerprint density at radius 2 is 1.83 bits per heavy atom. The van der Waals surface area contributed by atoms with Crippen LogP contribution in [-0.4, -0.2) is 95.6 Å². The van der Waals surface area contributed by atoms with Gasteiger partial charge in [0.2, 0.25) is 5.78 Å². The van der Waals surface area contributed by atoms with Crippen LogP contribution in [0.3, 0.4) is 0 Å². The van der Waals surface area contributed by atoms with Crippen molar-refractivity contribution >= 4 is 40.4 Å². The third-order valence-electron chi connectivity index (χ3n) is 7.13. The molecule has 8 nitrogen and oxygen atoms in total. The zero-order chi connectivity index (χ0) is 29.4. The van der Waals surface area contributed by atoms with E-state index in [9.17, 15) is 22.8 Å². The van der Waals surface area contributed by atoms with Crippen molar-refractivity contribution in [3.05, 3.63) is 47.8 Å². The van der Waals surface area contributed by atoms with Crippen molar-refractivity contribution in [2.45, 2.75) is 44.2 Å². The number of hydrogen-bond donors (Lipinski definition) is 0. The van der Waals surface area contributed by atoms with Crippen LogP contribution in [0.15, 0.2) is 52.1 Å². The Morgan fingerprint density at radius 3 is 2.54 bits per heavy atom. The van der Waals surface area contributed by atoms with Gasteiger partial charge in [-0.25, -0.2) is 9.79 Å². The van der Waals surface area contributed by atoms with E-state index in [-0.39, 0.29) is 17.7 Å². The second kappa shape index (κ2) is 14.2.